The monoisotopic (exact) mass is 108 g/mol. The van der Waals surface area contributed by atoms with Crippen LogP contribution in [-0.4, -0.2) is 5.97 Å². The van der Waals surface area contributed by atoms with Crippen LogP contribution in [0.5, 0.6) is 0 Å². The minimum absolute atomic E-state index is 0.337. The van der Waals surface area contributed by atoms with Gasteiger partial charge in [-0.1, -0.05) is 6.92 Å². The summed E-state index contributed by atoms with van der Waals surface area (Å²) in [6.45, 7) is 1.67. The lowest BCUT2D eigenvalue weighted by Gasteiger charge is -1.81. The summed E-state index contributed by atoms with van der Waals surface area (Å²) in [5.74, 6) is -0.392. The van der Waals surface area contributed by atoms with Crippen molar-refractivity contribution in [3.8, 4) is 0 Å². The molecule has 6 heavy (non-hydrogen) atoms. The first-order valence-corrected chi connectivity index (χ1v) is 1.93. The minimum atomic E-state index is -0.392. The van der Waals surface area contributed by atoms with E-state index in [0.717, 1.165) is 0 Å². The Morgan fingerprint density at radius 2 is 2.50 bits per heavy atom. The number of hydrogen-bond donors (Lipinski definition) is 0. The third kappa shape index (κ3) is 2.03. The Kier molecular flexibility index (Phi) is 2.85. The molecule has 0 unspecified atom stereocenters. The molecule has 0 heterocycles. The quantitative estimate of drug-likeness (QED) is 0.503. The third-order valence-corrected chi connectivity index (χ3v) is 0.547. The Hall–Kier alpha value is -0.240. The minimum Gasteiger partial charge on any atom is -0.348 e. The predicted octanol–water partition coefficient (Wildman–Crippen LogP) is 1.09. The van der Waals surface area contributed by atoms with Gasteiger partial charge in [0.1, 0.15) is 11.9 Å². The Morgan fingerprint density at radius 1 is 2.00 bits per heavy atom. The largest absolute Gasteiger partial charge is 0.348 e. The van der Waals surface area contributed by atoms with Gasteiger partial charge in [0.15, 0.2) is 0 Å². The molecule has 0 N–H and O–H groups in total. The van der Waals surface area contributed by atoms with Crippen molar-refractivity contribution in [3.05, 3.63) is 0 Å². The van der Waals surface area contributed by atoms with Gasteiger partial charge in [0.2, 0.25) is 0 Å². The van der Waals surface area contributed by atoms with Crippen molar-refractivity contribution in [1.29, 1.82) is 0 Å². The number of halogens is 1. The molecule has 0 spiro atoms. The Labute approximate surface area is 41.2 Å². The molecular weight excluding hydrogens is 103 g/mol. The fourth-order valence-corrected chi connectivity index (χ4v) is 0.164. The lowest BCUT2D eigenvalue weighted by molar-refractivity contribution is -0.133. The molecule has 0 radical (unpaired) electrons. The zero-order valence-electron chi connectivity index (χ0n) is 3.40. The first kappa shape index (κ1) is 5.76. The third-order valence-electron chi connectivity index (χ3n) is 0.375. The molecule has 0 bridgehead atoms. The molecule has 36 valence electrons. The van der Waals surface area contributed by atoms with Crippen molar-refractivity contribution in [2.45, 2.75) is 13.3 Å². The SMILES string of the molecule is CCC(=O)OCl. The van der Waals surface area contributed by atoms with Crippen LogP contribution < -0.4 is 0 Å². The summed E-state index contributed by atoms with van der Waals surface area (Å²) in [5, 5.41) is 0. The van der Waals surface area contributed by atoms with Crippen molar-refractivity contribution >= 4 is 17.8 Å². The van der Waals surface area contributed by atoms with Crippen molar-refractivity contribution < 1.29 is 9.08 Å². The molecule has 0 rings (SSSR count). The molecule has 0 aliphatic heterocycles. The molecule has 0 aromatic carbocycles. The maximum atomic E-state index is 9.83. The van der Waals surface area contributed by atoms with E-state index in [4.69, 9.17) is 0 Å². The summed E-state index contributed by atoms with van der Waals surface area (Å²) in [7, 11) is 0. The molecule has 0 aromatic rings. The van der Waals surface area contributed by atoms with E-state index in [2.05, 4.69) is 16.2 Å². The summed E-state index contributed by atoms with van der Waals surface area (Å²) in [6, 6.07) is 0. The smallest absolute Gasteiger partial charge is 0.324 e. The Morgan fingerprint density at radius 3 is 2.50 bits per heavy atom. The number of carbonyl (C=O) groups is 1. The van der Waals surface area contributed by atoms with E-state index in [0.29, 0.717) is 6.42 Å². The molecule has 0 aliphatic carbocycles. The van der Waals surface area contributed by atoms with Crippen molar-refractivity contribution in [1.82, 2.24) is 0 Å². The lowest BCUT2D eigenvalue weighted by Crippen LogP contribution is -1.90. The molecule has 2 nitrogen and oxygen atoms in total. The van der Waals surface area contributed by atoms with Crippen LogP contribution in [0.3, 0.4) is 0 Å². The second-order valence-corrected chi connectivity index (χ2v) is 0.957. The summed E-state index contributed by atoms with van der Waals surface area (Å²) in [6.07, 6.45) is 0.337. The second-order valence-electron chi connectivity index (χ2n) is 0.803. The Balaban J connectivity index is 2.99. The van der Waals surface area contributed by atoms with Crippen LogP contribution in [0.1, 0.15) is 13.3 Å². The highest BCUT2D eigenvalue weighted by Gasteiger charge is 1.90. The van der Waals surface area contributed by atoms with Gasteiger partial charge in [-0.2, -0.15) is 0 Å². The van der Waals surface area contributed by atoms with Gasteiger partial charge in [-0.3, -0.25) is 4.79 Å². The summed E-state index contributed by atoms with van der Waals surface area (Å²) in [4.78, 5) is 9.83. The van der Waals surface area contributed by atoms with Crippen molar-refractivity contribution in [3.63, 3.8) is 0 Å². The van der Waals surface area contributed by atoms with Crippen LogP contribution in [0.15, 0.2) is 0 Å². The van der Waals surface area contributed by atoms with E-state index in [1.54, 1.807) is 6.92 Å². The van der Waals surface area contributed by atoms with Crippen LogP contribution in [0.2, 0.25) is 0 Å². The van der Waals surface area contributed by atoms with Crippen LogP contribution in [0, 0.1) is 0 Å². The molecule has 0 aromatic heterocycles. The van der Waals surface area contributed by atoms with E-state index in [1.807, 2.05) is 0 Å². The topological polar surface area (TPSA) is 26.3 Å². The van der Waals surface area contributed by atoms with Crippen LogP contribution in [-0.2, 0) is 9.08 Å². The lowest BCUT2D eigenvalue weighted by atomic mass is 10.5. The fraction of sp³-hybridized carbons (Fsp3) is 0.667. The van der Waals surface area contributed by atoms with Crippen molar-refractivity contribution in [2.24, 2.45) is 0 Å². The number of carbonyl (C=O) groups excluding carboxylic acids is 1. The molecule has 3 heteroatoms. The fourth-order valence-electron chi connectivity index (χ4n) is 0.0546. The molecule has 0 saturated carbocycles. The summed E-state index contributed by atoms with van der Waals surface area (Å²) < 4.78 is 3.73. The number of rotatable bonds is 1. The molecule has 0 aliphatic rings. The van der Waals surface area contributed by atoms with Gasteiger partial charge in [0.25, 0.3) is 0 Å². The first-order chi connectivity index (χ1) is 2.81. The molecule has 0 atom stereocenters. The van der Waals surface area contributed by atoms with Gasteiger partial charge in [0.05, 0.1) is 0 Å². The average molecular weight is 109 g/mol. The molecular formula is C3H5ClO2. The van der Waals surface area contributed by atoms with E-state index >= 15 is 0 Å². The maximum absolute atomic E-state index is 9.83. The van der Waals surface area contributed by atoms with E-state index in [-0.39, 0.29) is 0 Å². The van der Waals surface area contributed by atoms with E-state index in [1.165, 1.54) is 0 Å². The van der Waals surface area contributed by atoms with Gasteiger partial charge < -0.3 is 4.29 Å². The second kappa shape index (κ2) is 2.97. The van der Waals surface area contributed by atoms with Gasteiger partial charge in [0, 0.05) is 6.42 Å². The van der Waals surface area contributed by atoms with Crippen LogP contribution in [0.4, 0.5) is 0 Å². The summed E-state index contributed by atoms with van der Waals surface area (Å²) >= 11 is 4.60. The van der Waals surface area contributed by atoms with Crippen LogP contribution in [0.25, 0.3) is 0 Å². The van der Waals surface area contributed by atoms with Crippen LogP contribution >= 0.6 is 11.9 Å². The highest BCUT2D eigenvalue weighted by Crippen LogP contribution is 1.84. The molecule has 0 amide bonds. The molecule has 0 fully saturated rings. The maximum Gasteiger partial charge on any atom is 0.324 e. The Bertz CT molecular complexity index is 46.8. The summed E-state index contributed by atoms with van der Waals surface area (Å²) in [5.41, 5.74) is 0. The van der Waals surface area contributed by atoms with Gasteiger partial charge in [-0.25, -0.2) is 0 Å². The van der Waals surface area contributed by atoms with Crippen molar-refractivity contribution in [2.75, 3.05) is 0 Å². The predicted molar refractivity (Wildman–Crippen MR) is 22.2 cm³/mol. The zero-order valence-corrected chi connectivity index (χ0v) is 4.16. The zero-order chi connectivity index (χ0) is 4.99. The molecule has 0 saturated heterocycles. The van der Waals surface area contributed by atoms with E-state index in [9.17, 15) is 4.79 Å². The highest BCUT2D eigenvalue weighted by molar-refractivity contribution is 6.13. The van der Waals surface area contributed by atoms with Gasteiger partial charge in [-0.15, -0.1) is 0 Å². The average Bonchev–Trinajstić information content (AvgIpc) is 1.65. The normalized spacial score (nSPS) is 7.67. The van der Waals surface area contributed by atoms with E-state index < -0.39 is 5.97 Å². The number of hydrogen-bond acceptors (Lipinski definition) is 2. The standard InChI is InChI=1S/C3H5ClO2/c1-2-3(5)6-4/h2H2,1H3. The first-order valence-electron chi connectivity index (χ1n) is 1.62. The highest BCUT2D eigenvalue weighted by atomic mass is 35.5. The van der Waals surface area contributed by atoms with Gasteiger partial charge in [-0.05, 0) is 0 Å². The van der Waals surface area contributed by atoms with Gasteiger partial charge >= 0.3 is 5.97 Å².